The third-order valence-corrected chi connectivity index (χ3v) is 2.40. The second kappa shape index (κ2) is 3.87. The zero-order valence-electron chi connectivity index (χ0n) is 10.5. The van der Waals surface area contributed by atoms with Crippen LogP contribution in [0.3, 0.4) is 0 Å². The molecule has 0 aliphatic heterocycles. The molecule has 0 saturated heterocycles. The van der Waals surface area contributed by atoms with E-state index in [1.807, 2.05) is 33.8 Å². The number of aryl methyl sites for hydroxylation is 1. The molecule has 0 N–H and O–H groups in total. The van der Waals surface area contributed by atoms with E-state index >= 15 is 0 Å². The van der Waals surface area contributed by atoms with Crippen molar-refractivity contribution in [1.82, 2.24) is 9.55 Å². The summed E-state index contributed by atoms with van der Waals surface area (Å²) >= 11 is 0. The zero-order chi connectivity index (χ0) is 12.6. The molecular weight excluding hydrogens is 216 g/mol. The standard InChI is InChI=1S/C13H16N2O2/c1-9-8-15(12(16)17-13(2,3)4)11-5-6-14-7-10(9)11/h5-8H,1-4H3. The van der Waals surface area contributed by atoms with E-state index in [2.05, 4.69) is 4.98 Å². The van der Waals surface area contributed by atoms with Gasteiger partial charge in [-0.2, -0.15) is 0 Å². The summed E-state index contributed by atoms with van der Waals surface area (Å²) in [6, 6.07) is 1.81. The lowest BCUT2D eigenvalue weighted by molar-refractivity contribution is 0.0544. The van der Waals surface area contributed by atoms with Crippen LogP contribution >= 0.6 is 0 Å². The van der Waals surface area contributed by atoms with Gasteiger partial charge in [0.2, 0.25) is 0 Å². The molecule has 2 aromatic heterocycles. The van der Waals surface area contributed by atoms with E-state index < -0.39 is 5.60 Å². The first-order valence-corrected chi connectivity index (χ1v) is 5.53. The Balaban J connectivity index is 2.46. The van der Waals surface area contributed by atoms with Crippen molar-refractivity contribution in [3.05, 3.63) is 30.2 Å². The SMILES string of the molecule is Cc1cn(C(=O)OC(C)(C)C)c2ccncc12. The van der Waals surface area contributed by atoms with Crippen LogP contribution in [0.1, 0.15) is 26.3 Å². The second-order valence-corrected chi connectivity index (χ2v) is 5.06. The van der Waals surface area contributed by atoms with Crippen LogP contribution in [0.25, 0.3) is 10.9 Å². The maximum atomic E-state index is 12.0. The van der Waals surface area contributed by atoms with E-state index in [9.17, 15) is 4.79 Å². The maximum Gasteiger partial charge on any atom is 0.419 e. The van der Waals surface area contributed by atoms with E-state index in [0.29, 0.717) is 0 Å². The van der Waals surface area contributed by atoms with Crippen LogP contribution in [-0.4, -0.2) is 21.2 Å². The zero-order valence-corrected chi connectivity index (χ0v) is 10.5. The summed E-state index contributed by atoms with van der Waals surface area (Å²) in [6.45, 7) is 7.51. The summed E-state index contributed by atoms with van der Waals surface area (Å²) in [5.74, 6) is 0. The lowest BCUT2D eigenvalue weighted by Crippen LogP contribution is -2.26. The number of carbonyl (C=O) groups is 1. The minimum Gasteiger partial charge on any atom is -0.443 e. The first-order valence-electron chi connectivity index (χ1n) is 5.53. The highest BCUT2D eigenvalue weighted by Crippen LogP contribution is 2.20. The van der Waals surface area contributed by atoms with Crippen LogP contribution in [0.15, 0.2) is 24.7 Å². The Morgan fingerprint density at radius 3 is 2.76 bits per heavy atom. The number of ether oxygens (including phenoxy) is 1. The number of fused-ring (bicyclic) bond motifs is 1. The van der Waals surface area contributed by atoms with Crippen molar-refractivity contribution >= 4 is 17.0 Å². The molecule has 0 fully saturated rings. The van der Waals surface area contributed by atoms with Crippen LogP contribution in [0.5, 0.6) is 0 Å². The number of rotatable bonds is 0. The third kappa shape index (κ3) is 2.30. The molecule has 0 aliphatic carbocycles. The Hall–Kier alpha value is -1.84. The van der Waals surface area contributed by atoms with Crippen molar-refractivity contribution in [2.45, 2.75) is 33.3 Å². The van der Waals surface area contributed by atoms with Crippen molar-refractivity contribution in [1.29, 1.82) is 0 Å². The predicted molar refractivity (Wildman–Crippen MR) is 66.1 cm³/mol. The normalized spacial score (nSPS) is 11.8. The smallest absolute Gasteiger partial charge is 0.419 e. The number of hydrogen-bond donors (Lipinski definition) is 0. The Morgan fingerprint density at radius 2 is 2.12 bits per heavy atom. The van der Waals surface area contributed by atoms with E-state index in [1.165, 1.54) is 4.57 Å². The maximum absolute atomic E-state index is 12.0. The molecule has 0 unspecified atom stereocenters. The highest BCUT2D eigenvalue weighted by Gasteiger charge is 2.19. The van der Waals surface area contributed by atoms with Crippen LogP contribution in [0.2, 0.25) is 0 Å². The van der Waals surface area contributed by atoms with Gasteiger partial charge in [0.15, 0.2) is 0 Å². The lowest BCUT2D eigenvalue weighted by atomic mass is 10.2. The molecular formula is C13H16N2O2. The Labute approximate surface area is 100 Å². The molecule has 4 nitrogen and oxygen atoms in total. The third-order valence-electron chi connectivity index (χ3n) is 2.40. The number of aromatic nitrogens is 2. The number of carbonyl (C=O) groups excluding carboxylic acids is 1. The molecule has 2 rings (SSSR count). The molecule has 2 heterocycles. The molecule has 0 aromatic carbocycles. The molecule has 17 heavy (non-hydrogen) atoms. The molecule has 0 bridgehead atoms. The first-order chi connectivity index (χ1) is 7.88. The molecule has 0 spiro atoms. The van der Waals surface area contributed by atoms with E-state index in [-0.39, 0.29) is 6.09 Å². The number of nitrogens with zero attached hydrogens (tertiary/aromatic N) is 2. The fraction of sp³-hybridized carbons (Fsp3) is 0.385. The van der Waals surface area contributed by atoms with Gasteiger partial charge in [-0.1, -0.05) is 0 Å². The largest absolute Gasteiger partial charge is 0.443 e. The Morgan fingerprint density at radius 1 is 1.41 bits per heavy atom. The summed E-state index contributed by atoms with van der Waals surface area (Å²) in [5, 5.41) is 0.971. The number of pyridine rings is 1. The summed E-state index contributed by atoms with van der Waals surface area (Å²) < 4.78 is 6.87. The molecule has 4 heteroatoms. The number of hydrogen-bond acceptors (Lipinski definition) is 3. The molecule has 0 aliphatic rings. The molecule has 2 aromatic rings. The van der Waals surface area contributed by atoms with Crippen molar-refractivity contribution in [2.75, 3.05) is 0 Å². The fourth-order valence-electron chi connectivity index (χ4n) is 1.70. The van der Waals surface area contributed by atoms with Gasteiger partial charge < -0.3 is 4.74 Å². The lowest BCUT2D eigenvalue weighted by Gasteiger charge is -2.19. The van der Waals surface area contributed by atoms with Crippen molar-refractivity contribution in [3.63, 3.8) is 0 Å². The van der Waals surface area contributed by atoms with Crippen molar-refractivity contribution < 1.29 is 9.53 Å². The molecule has 0 atom stereocenters. The summed E-state index contributed by atoms with van der Waals surface area (Å²) in [5.41, 5.74) is 1.35. The van der Waals surface area contributed by atoms with Crippen molar-refractivity contribution in [2.24, 2.45) is 0 Å². The van der Waals surface area contributed by atoms with Gasteiger partial charge in [-0.15, -0.1) is 0 Å². The van der Waals surface area contributed by atoms with Crippen LogP contribution in [0, 0.1) is 6.92 Å². The van der Waals surface area contributed by atoms with E-state index in [0.717, 1.165) is 16.5 Å². The molecule has 0 saturated carbocycles. The summed E-state index contributed by atoms with van der Waals surface area (Å²) in [6.07, 6.45) is 4.84. The van der Waals surface area contributed by atoms with Gasteiger partial charge >= 0.3 is 6.09 Å². The van der Waals surface area contributed by atoms with Gasteiger partial charge in [0, 0.05) is 24.0 Å². The van der Waals surface area contributed by atoms with Gasteiger partial charge in [-0.25, -0.2) is 4.79 Å². The molecule has 90 valence electrons. The fourth-order valence-corrected chi connectivity index (χ4v) is 1.70. The molecule has 0 radical (unpaired) electrons. The van der Waals surface area contributed by atoms with E-state index in [4.69, 9.17) is 4.74 Å². The second-order valence-electron chi connectivity index (χ2n) is 5.06. The predicted octanol–water partition coefficient (Wildman–Crippen LogP) is 3.13. The van der Waals surface area contributed by atoms with E-state index in [1.54, 1.807) is 18.6 Å². The summed E-state index contributed by atoms with van der Waals surface area (Å²) in [4.78, 5) is 16.1. The van der Waals surface area contributed by atoms with Gasteiger partial charge in [-0.05, 0) is 39.3 Å². The highest BCUT2D eigenvalue weighted by molar-refractivity contribution is 5.91. The topological polar surface area (TPSA) is 44.1 Å². The Kier molecular flexibility index (Phi) is 2.65. The quantitative estimate of drug-likeness (QED) is 0.701. The van der Waals surface area contributed by atoms with Gasteiger partial charge in [0.05, 0.1) is 5.52 Å². The molecule has 0 amide bonds. The summed E-state index contributed by atoms with van der Waals surface area (Å²) in [7, 11) is 0. The minimum atomic E-state index is -0.491. The van der Waals surface area contributed by atoms with Gasteiger partial charge in [0.25, 0.3) is 0 Å². The van der Waals surface area contributed by atoms with Crippen LogP contribution in [-0.2, 0) is 4.74 Å². The average molecular weight is 232 g/mol. The highest BCUT2D eigenvalue weighted by atomic mass is 16.6. The van der Waals surface area contributed by atoms with Gasteiger partial charge in [-0.3, -0.25) is 9.55 Å². The first kappa shape index (κ1) is 11.6. The Bertz CT molecular complexity index is 564. The average Bonchev–Trinajstić information content (AvgIpc) is 2.55. The van der Waals surface area contributed by atoms with Crippen molar-refractivity contribution in [3.8, 4) is 0 Å². The van der Waals surface area contributed by atoms with Crippen LogP contribution < -0.4 is 0 Å². The van der Waals surface area contributed by atoms with Gasteiger partial charge in [0.1, 0.15) is 5.60 Å². The monoisotopic (exact) mass is 232 g/mol. The minimum absolute atomic E-state index is 0.359. The van der Waals surface area contributed by atoms with Crippen LogP contribution in [0.4, 0.5) is 4.79 Å².